The molecule has 3 rings (SSSR count). The van der Waals surface area contributed by atoms with Gasteiger partial charge < -0.3 is 5.32 Å². The molecule has 1 saturated heterocycles. The third-order valence-corrected chi connectivity index (χ3v) is 4.81. The Hall–Kier alpha value is -0.940. The van der Waals surface area contributed by atoms with Gasteiger partial charge in [0.25, 0.3) is 0 Å². The van der Waals surface area contributed by atoms with Gasteiger partial charge in [-0.15, -0.1) is 0 Å². The van der Waals surface area contributed by atoms with E-state index in [0.717, 1.165) is 37.9 Å². The quantitative estimate of drug-likeness (QED) is 0.888. The van der Waals surface area contributed by atoms with E-state index in [0.29, 0.717) is 6.04 Å². The lowest BCUT2D eigenvalue weighted by Crippen LogP contribution is -2.63. The number of hydrogen-bond acceptors (Lipinski definition) is 4. The molecule has 0 radical (unpaired) electrons. The molecule has 1 aliphatic carbocycles. The second-order valence-corrected chi connectivity index (χ2v) is 6.29. The van der Waals surface area contributed by atoms with Gasteiger partial charge in [-0.1, -0.05) is 0 Å². The van der Waals surface area contributed by atoms with Crippen molar-refractivity contribution in [3.8, 4) is 0 Å². The highest BCUT2D eigenvalue weighted by Crippen LogP contribution is 2.44. The Kier molecular flexibility index (Phi) is 3.35. The zero-order valence-corrected chi connectivity index (χ0v) is 12.3. The highest BCUT2D eigenvalue weighted by atomic mass is 15.4. The fraction of sp³-hybridized carbons (Fsp3) is 0.857. The van der Waals surface area contributed by atoms with E-state index in [1.165, 1.54) is 12.8 Å². The van der Waals surface area contributed by atoms with Crippen molar-refractivity contribution in [2.45, 2.75) is 58.3 Å². The fourth-order valence-corrected chi connectivity index (χ4v) is 3.29. The van der Waals surface area contributed by atoms with Crippen molar-refractivity contribution in [3.05, 3.63) is 12.2 Å². The largest absolute Gasteiger partial charge is 0.311 e. The molecule has 1 N–H and O–H groups in total. The molecule has 0 bridgehead atoms. The lowest BCUT2D eigenvalue weighted by molar-refractivity contribution is 0.0279. The van der Waals surface area contributed by atoms with Gasteiger partial charge in [0.15, 0.2) is 0 Å². The van der Waals surface area contributed by atoms with Crippen LogP contribution < -0.4 is 5.32 Å². The van der Waals surface area contributed by atoms with Crippen LogP contribution in [-0.2, 0) is 13.1 Å². The molecule has 1 aromatic heterocycles. The van der Waals surface area contributed by atoms with Gasteiger partial charge in [0, 0.05) is 31.2 Å². The van der Waals surface area contributed by atoms with E-state index in [9.17, 15) is 0 Å². The van der Waals surface area contributed by atoms with Crippen LogP contribution in [0.4, 0.5) is 0 Å². The molecule has 106 valence electrons. The summed E-state index contributed by atoms with van der Waals surface area (Å²) in [7, 11) is 0. The lowest BCUT2D eigenvalue weighted by Gasteiger charge is -2.48. The number of nitrogens with one attached hydrogen (secondary N) is 1. The lowest BCUT2D eigenvalue weighted by atomic mass is 9.89. The van der Waals surface area contributed by atoms with Gasteiger partial charge in [0.2, 0.25) is 0 Å². The first-order valence-electron chi connectivity index (χ1n) is 7.48. The minimum atomic E-state index is 0.289. The minimum Gasteiger partial charge on any atom is -0.311 e. The SMILES string of the molecule is CCn1ncnc1CN1CC(C)NCC1(C)C1CC1. The maximum Gasteiger partial charge on any atom is 0.141 e. The molecule has 2 atom stereocenters. The first-order chi connectivity index (χ1) is 9.13. The molecule has 19 heavy (non-hydrogen) atoms. The van der Waals surface area contributed by atoms with Crippen LogP contribution in [0, 0.1) is 5.92 Å². The average molecular weight is 263 g/mol. The monoisotopic (exact) mass is 263 g/mol. The summed E-state index contributed by atoms with van der Waals surface area (Å²) in [5.74, 6) is 1.95. The van der Waals surface area contributed by atoms with Gasteiger partial charge in [0.1, 0.15) is 12.2 Å². The van der Waals surface area contributed by atoms with Crippen molar-refractivity contribution in [3.63, 3.8) is 0 Å². The summed E-state index contributed by atoms with van der Waals surface area (Å²) in [6.45, 7) is 10.8. The number of hydrogen-bond donors (Lipinski definition) is 1. The van der Waals surface area contributed by atoms with E-state index >= 15 is 0 Å². The summed E-state index contributed by atoms with van der Waals surface area (Å²) in [6.07, 6.45) is 4.44. The molecule has 1 aliphatic heterocycles. The average Bonchev–Trinajstić information content (AvgIpc) is 3.16. The molecule has 5 heteroatoms. The first-order valence-corrected chi connectivity index (χ1v) is 7.48. The summed E-state index contributed by atoms with van der Waals surface area (Å²) in [4.78, 5) is 7.07. The van der Waals surface area contributed by atoms with Crippen LogP contribution in [0.1, 0.15) is 39.4 Å². The molecule has 2 fully saturated rings. The second-order valence-electron chi connectivity index (χ2n) is 6.29. The van der Waals surface area contributed by atoms with Crippen LogP contribution in [0.3, 0.4) is 0 Å². The normalized spacial score (nSPS) is 32.7. The summed E-state index contributed by atoms with van der Waals surface area (Å²) in [5.41, 5.74) is 0.289. The van der Waals surface area contributed by atoms with Crippen molar-refractivity contribution in [1.82, 2.24) is 25.0 Å². The minimum absolute atomic E-state index is 0.289. The summed E-state index contributed by atoms with van der Waals surface area (Å²) < 4.78 is 2.01. The molecule has 2 heterocycles. The Labute approximate surface area is 115 Å². The van der Waals surface area contributed by atoms with Gasteiger partial charge in [-0.2, -0.15) is 5.10 Å². The number of rotatable bonds is 4. The van der Waals surface area contributed by atoms with Gasteiger partial charge in [-0.05, 0) is 39.5 Å². The van der Waals surface area contributed by atoms with Crippen LogP contribution in [-0.4, -0.2) is 44.3 Å². The van der Waals surface area contributed by atoms with Crippen molar-refractivity contribution in [2.75, 3.05) is 13.1 Å². The smallest absolute Gasteiger partial charge is 0.141 e. The molecule has 5 nitrogen and oxygen atoms in total. The molecule has 1 aromatic rings. The molecule has 0 amide bonds. The second kappa shape index (κ2) is 4.87. The van der Waals surface area contributed by atoms with Crippen LogP contribution in [0.5, 0.6) is 0 Å². The predicted molar refractivity (Wildman–Crippen MR) is 74.7 cm³/mol. The zero-order valence-electron chi connectivity index (χ0n) is 12.3. The number of nitrogens with zero attached hydrogens (tertiary/aromatic N) is 4. The summed E-state index contributed by atoms with van der Waals surface area (Å²) >= 11 is 0. The number of aromatic nitrogens is 3. The number of aryl methyl sites for hydroxylation is 1. The Balaban J connectivity index is 1.79. The Bertz CT molecular complexity index is 439. The molecule has 2 aliphatic rings. The van der Waals surface area contributed by atoms with E-state index in [1.807, 2.05) is 4.68 Å². The van der Waals surface area contributed by atoms with E-state index in [-0.39, 0.29) is 5.54 Å². The topological polar surface area (TPSA) is 46.0 Å². The van der Waals surface area contributed by atoms with E-state index in [1.54, 1.807) is 6.33 Å². The fourth-order valence-electron chi connectivity index (χ4n) is 3.29. The van der Waals surface area contributed by atoms with E-state index in [4.69, 9.17) is 0 Å². The van der Waals surface area contributed by atoms with Crippen molar-refractivity contribution < 1.29 is 0 Å². The Morgan fingerprint density at radius 2 is 2.26 bits per heavy atom. The third-order valence-electron chi connectivity index (χ3n) is 4.81. The molecular weight excluding hydrogens is 238 g/mol. The standard InChI is InChI=1S/C14H25N5/c1-4-19-13(16-10-17-19)8-18-7-11(2)15-9-14(18,3)12-5-6-12/h10-12,15H,4-9H2,1-3H3. The van der Waals surface area contributed by atoms with Crippen molar-refractivity contribution >= 4 is 0 Å². The Morgan fingerprint density at radius 1 is 1.47 bits per heavy atom. The number of piperazine rings is 1. The molecular formula is C14H25N5. The maximum absolute atomic E-state index is 4.44. The van der Waals surface area contributed by atoms with Gasteiger partial charge in [-0.25, -0.2) is 9.67 Å². The van der Waals surface area contributed by atoms with Crippen LogP contribution in [0.2, 0.25) is 0 Å². The zero-order chi connectivity index (χ0) is 13.5. The highest BCUT2D eigenvalue weighted by molar-refractivity contribution is 5.05. The maximum atomic E-state index is 4.44. The third kappa shape index (κ3) is 2.41. The Morgan fingerprint density at radius 3 is 2.95 bits per heavy atom. The molecule has 0 aromatic carbocycles. The molecule has 1 saturated carbocycles. The predicted octanol–water partition coefficient (Wildman–Crippen LogP) is 1.26. The van der Waals surface area contributed by atoms with E-state index < -0.39 is 0 Å². The van der Waals surface area contributed by atoms with Crippen molar-refractivity contribution in [2.24, 2.45) is 5.92 Å². The van der Waals surface area contributed by atoms with Crippen LogP contribution >= 0.6 is 0 Å². The van der Waals surface area contributed by atoms with Gasteiger partial charge >= 0.3 is 0 Å². The highest BCUT2D eigenvalue weighted by Gasteiger charge is 2.47. The summed E-state index contributed by atoms with van der Waals surface area (Å²) in [5, 5.41) is 7.94. The summed E-state index contributed by atoms with van der Waals surface area (Å²) in [6, 6.07) is 0.560. The van der Waals surface area contributed by atoms with Crippen molar-refractivity contribution in [1.29, 1.82) is 0 Å². The first kappa shape index (κ1) is 13.1. The molecule has 0 spiro atoms. The van der Waals surface area contributed by atoms with E-state index in [2.05, 4.69) is 41.1 Å². The van der Waals surface area contributed by atoms with Gasteiger partial charge in [-0.3, -0.25) is 4.90 Å². The van der Waals surface area contributed by atoms with Crippen LogP contribution in [0.15, 0.2) is 6.33 Å². The van der Waals surface area contributed by atoms with Crippen LogP contribution in [0.25, 0.3) is 0 Å². The van der Waals surface area contributed by atoms with Gasteiger partial charge in [0.05, 0.1) is 6.54 Å². The molecule has 2 unspecified atom stereocenters.